The molecule has 36 heavy (non-hydrogen) atoms. The zero-order valence-corrected chi connectivity index (χ0v) is 20.0. The Labute approximate surface area is 204 Å². The molecule has 1 aromatic heterocycles. The van der Waals surface area contributed by atoms with Gasteiger partial charge in [0.2, 0.25) is 5.95 Å². The highest BCUT2D eigenvalue weighted by Crippen LogP contribution is 2.34. The number of hydrogen-bond donors (Lipinski definition) is 1. The fourth-order valence-electron chi connectivity index (χ4n) is 3.82. The van der Waals surface area contributed by atoms with Crippen LogP contribution in [0.15, 0.2) is 65.6 Å². The number of hydrogen-bond acceptors (Lipinski definition) is 5. The Hall–Kier alpha value is -3.73. The second-order valence-electron chi connectivity index (χ2n) is 8.20. The van der Waals surface area contributed by atoms with Gasteiger partial charge in [-0.1, -0.05) is 25.1 Å². The average molecular weight is 520 g/mol. The van der Waals surface area contributed by atoms with Crippen LogP contribution in [-0.4, -0.2) is 30.0 Å². The summed E-state index contributed by atoms with van der Waals surface area (Å²) in [7, 11) is -3.43. The Morgan fingerprint density at radius 2 is 1.72 bits per heavy atom. The Morgan fingerprint density at radius 1 is 1.06 bits per heavy atom. The minimum Gasteiger partial charge on any atom is -0.326 e. The predicted octanol–water partition coefficient (Wildman–Crippen LogP) is 5.98. The van der Waals surface area contributed by atoms with Crippen molar-refractivity contribution in [3.05, 3.63) is 83.2 Å². The highest BCUT2D eigenvalue weighted by Gasteiger charge is 2.33. The van der Waals surface area contributed by atoms with Crippen molar-refractivity contribution in [2.75, 3.05) is 11.6 Å². The molecule has 6 nitrogen and oxygen atoms in total. The van der Waals surface area contributed by atoms with Crippen LogP contribution in [0.2, 0.25) is 0 Å². The maximum absolute atomic E-state index is 14.6. The minimum absolute atomic E-state index is 0.0469. The van der Waals surface area contributed by atoms with E-state index in [2.05, 4.69) is 10.3 Å². The monoisotopic (exact) mass is 519 g/mol. The molecule has 0 unspecified atom stereocenters. The van der Waals surface area contributed by atoms with Crippen LogP contribution in [0.1, 0.15) is 34.8 Å². The van der Waals surface area contributed by atoms with E-state index in [0.29, 0.717) is 5.69 Å². The van der Waals surface area contributed by atoms with Crippen molar-refractivity contribution in [3.63, 3.8) is 0 Å². The topological polar surface area (TPSA) is 81.1 Å². The summed E-state index contributed by atoms with van der Waals surface area (Å²) in [6.07, 6.45) is -3.49. The first kappa shape index (κ1) is 25.4. The summed E-state index contributed by atoms with van der Waals surface area (Å²) in [6.45, 7) is 1.30. The first-order valence-corrected chi connectivity index (χ1v) is 12.7. The molecule has 4 rings (SSSR count). The van der Waals surface area contributed by atoms with Gasteiger partial charge < -0.3 is 9.88 Å². The van der Waals surface area contributed by atoms with Gasteiger partial charge in [-0.3, -0.25) is 4.79 Å². The number of sulfone groups is 1. The molecule has 0 amide bonds. The largest absolute Gasteiger partial charge is 0.416 e. The van der Waals surface area contributed by atoms with Crippen LogP contribution in [0.3, 0.4) is 0 Å². The smallest absolute Gasteiger partial charge is 0.326 e. The molecule has 1 N–H and O–H groups in total. The van der Waals surface area contributed by atoms with Crippen LogP contribution in [-0.2, 0) is 22.6 Å². The minimum atomic E-state index is -4.60. The van der Waals surface area contributed by atoms with Gasteiger partial charge in [0, 0.05) is 24.4 Å². The number of ketones is 1. The number of carbonyl (C=O) groups excluding carboxylic acids is 1. The molecule has 0 aliphatic rings. The Balaban J connectivity index is 1.87. The zero-order chi connectivity index (χ0) is 26.3. The average Bonchev–Trinajstić information content (AvgIpc) is 3.13. The third-order valence-electron chi connectivity index (χ3n) is 5.65. The van der Waals surface area contributed by atoms with Gasteiger partial charge in [0.25, 0.3) is 0 Å². The highest BCUT2D eigenvalue weighted by atomic mass is 32.2. The molecule has 188 valence electrons. The zero-order valence-electron chi connectivity index (χ0n) is 19.2. The molecule has 11 heteroatoms. The van der Waals surface area contributed by atoms with Crippen molar-refractivity contribution in [2.45, 2.75) is 31.0 Å². The standard InChI is InChI=1S/C25H21F4N3O3S/c1-3-23(33)18-12-22-21(13-20(18)26)31-24(30-16-8-10-17(11-9-16)36(2,34)35)32(22)14-15-6-4-5-7-19(15)25(27,28)29/h4-13H,3,14H2,1-2H3,(H,30,31). The molecule has 0 bridgehead atoms. The summed E-state index contributed by atoms with van der Waals surface area (Å²) >= 11 is 0. The molecule has 0 atom stereocenters. The summed E-state index contributed by atoms with van der Waals surface area (Å²) in [5, 5.41) is 2.97. The normalized spacial score (nSPS) is 12.2. The van der Waals surface area contributed by atoms with Crippen LogP contribution >= 0.6 is 0 Å². The van der Waals surface area contributed by atoms with Crippen molar-refractivity contribution in [2.24, 2.45) is 0 Å². The second kappa shape index (κ2) is 9.38. The van der Waals surface area contributed by atoms with Gasteiger partial charge in [0.15, 0.2) is 15.6 Å². The van der Waals surface area contributed by atoms with E-state index in [1.54, 1.807) is 6.92 Å². The number of anilines is 2. The van der Waals surface area contributed by atoms with Gasteiger partial charge in [0.1, 0.15) is 5.82 Å². The lowest BCUT2D eigenvalue weighted by Crippen LogP contribution is -2.13. The number of benzene rings is 3. The first-order valence-electron chi connectivity index (χ1n) is 10.8. The van der Waals surface area contributed by atoms with Gasteiger partial charge in [-0.05, 0) is 42.0 Å². The summed E-state index contributed by atoms with van der Waals surface area (Å²) in [6, 6.07) is 13.1. The summed E-state index contributed by atoms with van der Waals surface area (Å²) in [4.78, 5) is 16.7. The number of aromatic nitrogens is 2. The van der Waals surface area contributed by atoms with Gasteiger partial charge >= 0.3 is 6.18 Å². The first-order chi connectivity index (χ1) is 16.9. The van der Waals surface area contributed by atoms with Crippen LogP contribution in [0.5, 0.6) is 0 Å². The van der Waals surface area contributed by atoms with Gasteiger partial charge in [-0.2, -0.15) is 13.2 Å². The Morgan fingerprint density at radius 3 is 2.33 bits per heavy atom. The number of alkyl halides is 3. The number of fused-ring (bicyclic) bond motifs is 1. The molecule has 1 heterocycles. The molecule has 0 aliphatic heterocycles. The molecular weight excluding hydrogens is 498 g/mol. The number of imidazole rings is 1. The molecule has 0 aliphatic carbocycles. The van der Waals surface area contributed by atoms with Crippen LogP contribution < -0.4 is 5.32 Å². The van der Waals surface area contributed by atoms with Crippen LogP contribution in [0.25, 0.3) is 11.0 Å². The van der Waals surface area contributed by atoms with Crippen molar-refractivity contribution in [3.8, 4) is 0 Å². The number of nitrogens with one attached hydrogen (secondary N) is 1. The lowest BCUT2D eigenvalue weighted by Gasteiger charge is -2.16. The molecule has 0 fully saturated rings. The quantitative estimate of drug-likeness (QED) is 0.240. The lowest BCUT2D eigenvalue weighted by atomic mass is 10.1. The van der Waals surface area contributed by atoms with E-state index in [1.165, 1.54) is 53.1 Å². The number of carbonyl (C=O) groups is 1. The SMILES string of the molecule is CCC(=O)c1cc2c(cc1F)nc(Nc1ccc(S(C)(=O)=O)cc1)n2Cc1ccccc1C(F)(F)F. The Bertz CT molecular complexity index is 1560. The highest BCUT2D eigenvalue weighted by molar-refractivity contribution is 7.90. The number of halogens is 4. The van der Waals surface area contributed by atoms with E-state index in [9.17, 15) is 30.8 Å². The van der Waals surface area contributed by atoms with E-state index in [1.807, 2.05) is 0 Å². The lowest BCUT2D eigenvalue weighted by molar-refractivity contribution is -0.138. The van der Waals surface area contributed by atoms with Crippen molar-refractivity contribution in [1.29, 1.82) is 0 Å². The maximum atomic E-state index is 14.6. The van der Waals surface area contributed by atoms with Crippen LogP contribution in [0.4, 0.5) is 29.2 Å². The molecule has 4 aromatic rings. The van der Waals surface area contributed by atoms with E-state index >= 15 is 0 Å². The number of rotatable bonds is 7. The molecule has 3 aromatic carbocycles. The van der Waals surface area contributed by atoms with E-state index in [4.69, 9.17) is 0 Å². The predicted molar refractivity (Wildman–Crippen MR) is 128 cm³/mol. The Kier molecular flexibility index (Phi) is 6.61. The molecule has 0 radical (unpaired) electrons. The molecule has 0 saturated carbocycles. The van der Waals surface area contributed by atoms with E-state index in [0.717, 1.165) is 18.4 Å². The van der Waals surface area contributed by atoms with Crippen molar-refractivity contribution >= 4 is 38.3 Å². The number of Topliss-reactive ketones (excluding diaryl/α,β-unsaturated/α-hetero) is 1. The maximum Gasteiger partial charge on any atom is 0.416 e. The van der Waals surface area contributed by atoms with Crippen LogP contribution in [0, 0.1) is 5.82 Å². The fourth-order valence-corrected chi connectivity index (χ4v) is 4.46. The van der Waals surface area contributed by atoms with Crippen molar-refractivity contribution in [1.82, 2.24) is 9.55 Å². The third-order valence-corrected chi connectivity index (χ3v) is 6.78. The molecular formula is C25H21F4N3O3S. The van der Waals surface area contributed by atoms with Gasteiger partial charge in [0.05, 0.1) is 33.6 Å². The van der Waals surface area contributed by atoms with Crippen molar-refractivity contribution < 1.29 is 30.8 Å². The van der Waals surface area contributed by atoms with E-state index < -0.39 is 33.2 Å². The second-order valence-corrected chi connectivity index (χ2v) is 10.2. The fraction of sp³-hybridized carbons (Fsp3) is 0.200. The number of nitrogens with zero attached hydrogens (tertiary/aromatic N) is 2. The third kappa shape index (κ3) is 5.11. The summed E-state index contributed by atoms with van der Waals surface area (Å²) < 4.78 is 80.5. The molecule has 0 spiro atoms. The summed E-state index contributed by atoms with van der Waals surface area (Å²) in [5.74, 6) is -1.14. The van der Waals surface area contributed by atoms with Gasteiger partial charge in [-0.25, -0.2) is 17.8 Å². The summed E-state index contributed by atoms with van der Waals surface area (Å²) in [5.41, 5.74) is -0.247. The van der Waals surface area contributed by atoms with Gasteiger partial charge in [-0.15, -0.1) is 0 Å². The molecule has 0 saturated heterocycles. The van der Waals surface area contributed by atoms with E-state index in [-0.39, 0.29) is 46.0 Å².